The molecule has 5 rings (SSSR count). The van der Waals surface area contributed by atoms with E-state index in [-0.39, 0.29) is 29.6 Å². The van der Waals surface area contributed by atoms with Crippen LogP contribution in [0.15, 0.2) is 87.3 Å². The number of thioether (sulfide) groups is 1. The van der Waals surface area contributed by atoms with Gasteiger partial charge < -0.3 is 14.1 Å². The molecule has 0 N–H and O–H groups in total. The smallest absolute Gasteiger partial charge is 0.257 e. The van der Waals surface area contributed by atoms with E-state index in [2.05, 4.69) is 4.98 Å². The number of para-hydroxylation sites is 2. The van der Waals surface area contributed by atoms with Crippen molar-refractivity contribution in [2.24, 2.45) is 0 Å². The van der Waals surface area contributed by atoms with Crippen LogP contribution in [0.1, 0.15) is 17.3 Å². The molecule has 1 aliphatic heterocycles. The van der Waals surface area contributed by atoms with Crippen molar-refractivity contribution in [2.75, 3.05) is 26.0 Å². The fourth-order valence-corrected chi connectivity index (χ4v) is 6.50. The highest BCUT2D eigenvalue weighted by molar-refractivity contribution is 7.99. The first-order chi connectivity index (χ1) is 17.4. The Kier molecular flexibility index (Phi) is 6.74. The van der Waals surface area contributed by atoms with Gasteiger partial charge in [-0.15, -0.1) is 0 Å². The molecule has 1 aromatic heterocycles. The van der Waals surface area contributed by atoms with Gasteiger partial charge in [0.25, 0.3) is 5.22 Å². The Morgan fingerprint density at radius 2 is 1.78 bits per heavy atom. The summed E-state index contributed by atoms with van der Waals surface area (Å²) in [6.07, 6.45) is -0.779. The van der Waals surface area contributed by atoms with Crippen LogP contribution in [0.4, 0.5) is 0 Å². The van der Waals surface area contributed by atoms with E-state index >= 15 is 0 Å². The summed E-state index contributed by atoms with van der Waals surface area (Å²) in [6.45, 7) is 2.36. The van der Waals surface area contributed by atoms with Crippen LogP contribution in [0.3, 0.4) is 0 Å². The Hall–Kier alpha value is -3.34. The van der Waals surface area contributed by atoms with Gasteiger partial charge in [-0.2, -0.15) is 4.31 Å². The Labute approximate surface area is 213 Å². The summed E-state index contributed by atoms with van der Waals surface area (Å²) in [6, 6.07) is 21.3. The second-order valence-electron chi connectivity index (χ2n) is 8.40. The number of hydrogen-bond acceptors (Lipinski definition) is 7. The van der Waals surface area contributed by atoms with E-state index in [9.17, 15) is 13.2 Å². The number of ether oxygens (including phenoxy) is 1. The molecular weight excluding hydrogens is 498 g/mol. The number of methoxy groups -OCH3 is 1. The lowest BCUT2D eigenvalue weighted by Gasteiger charge is -2.30. The number of amides is 1. The molecule has 1 saturated heterocycles. The number of sulfonamides is 1. The molecule has 1 atom stereocenters. The molecule has 0 bridgehead atoms. The van der Waals surface area contributed by atoms with Gasteiger partial charge in [-0.25, -0.2) is 13.4 Å². The van der Waals surface area contributed by atoms with Crippen molar-refractivity contribution in [3.63, 3.8) is 0 Å². The second kappa shape index (κ2) is 9.96. The molecule has 0 spiro atoms. The van der Waals surface area contributed by atoms with Crippen LogP contribution in [0.5, 0.6) is 5.75 Å². The van der Waals surface area contributed by atoms with Gasteiger partial charge in [0.05, 0.1) is 17.8 Å². The monoisotopic (exact) mass is 523 g/mol. The molecule has 0 radical (unpaired) electrons. The van der Waals surface area contributed by atoms with Crippen LogP contribution >= 0.6 is 11.8 Å². The van der Waals surface area contributed by atoms with Gasteiger partial charge in [-0.1, -0.05) is 53.7 Å². The minimum Gasteiger partial charge on any atom is -0.497 e. The average molecular weight is 524 g/mol. The molecule has 36 heavy (non-hydrogen) atoms. The normalized spacial score (nSPS) is 16.5. The SMILES string of the molecule is COc1ccc([C@H]2N(C(=O)CSc3nc4ccccc4o3)CCN2S(=O)(=O)c2ccc(C)cc2)cc1. The van der Waals surface area contributed by atoms with Gasteiger partial charge >= 0.3 is 0 Å². The number of hydrogen-bond donors (Lipinski definition) is 0. The third-order valence-corrected chi connectivity index (χ3v) is 8.77. The maximum atomic E-state index is 13.6. The predicted octanol–water partition coefficient (Wildman–Crippen LogP) is 4.47. The Balaban J connectivity index is 1.42. The number of aryl methyl sites for hydroxylation is 1. The van der Waals surface area contributed by atoms with Crippen LogP contribution in [0, 0.1) is 6.92 Å². The van der Waals surface area contributed by atoms with Gasteiger partial charge in [0.1, 0.15) is 17.4 Å². The van der Waals surface area contributed by atoms with Crippen molar-refractivity contribution < 1.29 is 22.4 Å². The molecule has 4 aromatic rings. The zero-order valence-electron chi connectivity index (χ0n) is 19.8. The molecule has 0 aliphatic carbocycles. The van der Waals surface area contributed by atoms with Crippen LogP contribution in [-0.4, -0.2) is 54.5 Å². The zero-order valence-corrected chi connectivity index (χ0v) is 21.5. The molecule has 1 fully saturated rings. The predicted molar refractivity (Wildman–Crippen MR) is 137 cm³/mol. The molecule has 1 aliphatic rings. The van der Waals surface area contributed by atoms with E-state index in [1.165, 1.54) is 16.1 Å². The first-order valence-corrected chi connectivity index (χ1v) is 13.8. The van der Waals surface area contributed by atoms with E-state index in [0.717, 1.165) is 11.1 Å². The van der Waals surface area contributed by atoms with Crippen LogP contribution in [0.2, 0.25) is 0 Å². The highest BCUT2D eigenvalue weighted by Gasteiger charge is 2.43. The third-order valence-electron chi connectivity index (χ3n) is 6.08. The lowest BCUT2D eigenvalue weighted by molar-refractivity contribution is -0.130. The standard InChI is InChI=1S/C26H25N3O5S2/c1-18-7-13-21(14-8-18)36(31,32)29-16-15-28(25(29)19-9-11-20(33-2)12-10-19)24(30)17-35-26-27-22-5-3-4-6-23(22)34-26/h3-14,25H,15-17H2,1-2H3/t25-/m0/s1. The number of oxazole rings is 1. The van der Waals surface area contributed by atoms with Gasteiger partial charge in [0.15, 0.2) is 5.58 Å². The van der Waals surface area contributed by atoms with Gasteiger partial charge in [0.2, 0.25) is 15.9 Å². The van der Waals surface area contributed by atoms with Crippen molar-refractivity contribution in [3.8, 4) is 5.75 Å². The van der Waals surface area contributed by atoms with Crippen molar-refractivity contribution in [1.29, 1.82) is 0 Å². The first-order valence-electron chi connectivity index (χ1n) is 11.4. The molecular formula is C26H25N3O5S2. The topological polar surface area (TPSA) is 92.9 Å². The van der Waals surface area contributed by atoms with Gasteiger partial charge in [0, 0.05) is 13.1 Å². The maximum Gasteiger partial charge on any atom is 0.257 e. The largest absolute Gasteiger partial charge is 0.497 e. The van der Waals surface area contributed by atoms with Crippen LogP contribution in [-0.2, 0) is 14.8 Å². The van der Waals surface area contributed by atoms with E-state index in [1.807, 2.05) is 31.2 Å². The summed E-state index contributed by atoms with van der Waals surface area (Å²) in [4.78, 5) is 19.6. The summed E-state index contributed by atoms with van der Waals surface area (Å²) < 4.78 is 39.6. The lowest BCUT2D eigenvalue weighted by atomic mass is 10.1. The first kappa shape index (κ1) is 24.4. The quantitative estimate of drug-likeness (QED) is 0.330. The molecule has 0 unspecified atom stereocenters. The summed E-state index contributed by atoms with van der Waals surface area (Å²) in [5, 5.41) is 0.397. The fourth-order valence-electron chi connectivity index (χ4n) is 4.21. The van der Waals surface area contributed by atoms with E-state index in [4.69, 9.17) is 9.15 Å². The van der Waals surface area contributed by atoms with Crippen molar-refractivity contribution >= 4 is 38.8 Å². The molecule has 186 valence electrons. The summed E-state index contributed by atoms with van der Waals surface area (Å²) in [5.41, 5.74) is 3.03. The highest BCUT2D eigenvalue weighted by atomic mass is 32.2. The summed E-state index contributed by atoms with van der Waals surface area (Å²) in [7, 11) is -2.28. The minimum atomic E-state index is -3.85. The van der Waals surface area contributed by atoms with Crippen molar-refractivity contribution in [3.05, 3.63) is 83.9 Å². The number of rotatable bonds is 7. The molecule has 1 amide bonds. The third kappa shape index (κ3) is 4.71. The summed E-state index contributed by atoms with van der Waals surface area (Å²) >= 11 is 1.19. The number of fused-ring (bicyclic) bond motifs is 1. The number of aromatic nitrogens is 1. The number of carbonyl (C=O) groups excluding carboxylic acids is 1. The molecule has 8 nitrogen and oxygen atoms in total. The summed E-state index contributed by atoms with van der Waals surface area (Å²) in [5.74, 6) is 0.511. The zero-order chi connectivity index (χ0) is 25.3. The van der Waals surface area contributed by atoms with Gasteiger partial charge in [-0.3, -0.25) is 4.79 Å². The minimum absolute atomic E-state index is 0.0674. The molecule has 3 aromatic carbocycles. The van der Waals surface area contributed by atoms with Gasteiger partial charge in [-0.05, 0) is 48.9 Å². The molecule has 0 saturated carbocycles. The molecule has 2 heterocycles. The Morgan fingerprint density at radius 3 is 2.47 bits per heavy atom. The van der Waals surface area contributed by atoms with E-state index in [1.54, 1.807) is 60.5 Å². The maximum absolute atomic E-state index is 13.6. The fraction of sp³-hybridized carbons (Fsp3) is 0.231. The Morgan fingerprint density at radius 1 is 1.06 bits per heavy atom. The van der Waals surface area contributed by atoms with E-state index < -0.39 is 16.2 Å². The number of benzene rings is 3. The second-order valence-corrected chi connectivity index (χ2v) is 11.2. The number of carbonyl (C=O) groups is 1. The number of nitrogens with zero attached hydrogens (tertiary/aromatic N) is 3. The molecule has 10 heteroatoms. The van der Waals surface area contributed by atoms with E-state index in [0.29, 0.717) is 22.1 Å². The Bertz CT molecular complexity index is 1450. The van der Waals surface area contributed by atoms with Crippen LogP contribution in [0.25, 0.3) is 11.1 Å². The van der Waals surface area contributed by atoms with Crippen molar-refractivity contribution in [1.82, 2.24) is 14.2 Å². The highest BCUT2D eigenvalue weighted by Crippen LogP contribution is 2.36. The lowest BCUT2D eigenvalue weighted by Crippen LogP contribution is -2.38. The van der Waals surface area contributed by atoms with Crippen molar-refractivity contribution in [2.45, 2.75) is 23.2 Å². The van der Waals surface area contributed by atoms with Crippen LogP contribution < -0.4 is 4.74 Å². The average Bonchev–Trinajstić information content (AvgIpc) is 3.52.